The summed E-state index contributed by atoms with van der Waals surface area (Å²) in [7, 11) is 0. The van der Waals surface area contributed by atoms with E-state index in [1.807, 2.05) is 38.2 Å². The molecule has 1 saturated carbocycles. The Balaban J connectivity index is 1.46. The summed E-state index contributed by atoms with van der Waals surface area (Å²) >= 11 is 0. The number of ether oxygens (including phenoxy) is 2. The Labute approximate surface area is 189 Å². The SMILES string of the molecule is CCOC(=O)CCCCC1CCCC2=N/C(=C\c3[nH]c(-c4ccc[nH]4)cc3OCC)C=C21. The largest absolute Gasteiger partial charge is 0.492 e. The zero-order valence-electron chi connectivity index (χ0n) is 19.1. The summed E-state index contributed by atoms with van der Waals surface area (Å²) in [6, 6.07) is 6.06. The predicted octanol–water partition coefficient (Wildman–Crippen LogP) is 6.05. The molecule has 0 aromatic carbocycles. The van der Waals surface area contributed by atoms with Gasteiger partial charge in [-0.05, 0) is 81.7 Å². The normalized spacial score (nSPS) is 18.9. The summed E-state index contributed by atoms with van der Waals surface area (Å²) in [6.07, 6.45) is 13.2. The first-order chi connectivity index (χ1) is 15.7. The average molecular weight is 436 g/mol. The molecule has 1 unspecified atom stereocenters. The first-order valence-corrected chi connectivity index (χ1v) is 11.8. The third-order valence-electron chi connectivity index (χ3n) is 6.09. The minimum atomic E-state index is -0.0848. The van der Waals surface area contributed by atoms with Crippen molar-refractivity contribution in [3.8, 4) is 17.1 Å². The molecule has 4 rings (SSSR count). The summed E-state index contributed by atoms with van der Waals surface area (Å²) in [4.78, 5) is 23.2. The second-order valence-corrected chi connectivity index (χ2v) is 8.35. The molecule has 0 radical (unpaired) electrons. The Morgan fingerprint density at radius 3 is 2.94 bits per heavy atom. The van der Waals surface area contributed by atoms with E-state index in [-0.39, 0.29) is 5.97 Å². The van der Waals surface area contributed by atoms with Crippen LogP contribution in [0.4, 0.5) is 0 Å². The molecule has 1 aliphatic carbocycles. The van der Waals surface area contributed by atoms with Gasteiger partial charge >= 0.3 is 5.97 Å². The molecule has 1 atom stereocenters. The van der Waals surface area contributed by atoms with Crippen LogP contribution in [-0.4, -0.2) is 34.9 Å². The zero-order chi connectivity index (χ0) is 22.3. The number of aromatic amines is 2. The fourth-order valence-electron chi connectivity index (χ4n) is 4.61. The van der Waals surface area contributed by atoms with E-state index in [1.54, 1.807) is 0 Å². The molecule has 0 saturated heterocycles. The van der Waals surface area contributed by atoms with Crippen LogP contribution < -0.4 is 4.74 Å². The van der Waals surface area contributed by atoms with E-state index in [1.165, 1.54) is 24.1 Å². The number of H-pyrrole nitrogens is 2. The highest BCUT2D eigenvalue weighted by Crippen LogP contribution is 2.37. The summed E-state index contributed by atoms with van der Waals surface area (Å²) in [5.74, 6) is 1.28. The van der Waals surface area contributed by atoms with Gasteiger partial charge in [0.05, 0.1) is 36.0 Å². The van der Waals surface area contributed by atoms with Crippen molar-refractivity contribution in [2.45, 2.75) is 58.8 Å². The van der Waals surface area contributed by atoms with E-state index in [2.05, 4.69) is 22.1 Å². The molecule has 6 nitrogen and oxygen atoms in total. The van der Waals surface area contributed by atoms with Gasteiger partial charge in [-0.25, -0.2) is 0 Å². The molecule has 6 heteroatoms. The number of rotatable bonds is 10. The Morgan fingerprint density at radius 1 is 1.25 bits per heavy atom. The molecule has 0 bridgehead atoms. The smallest absolute Gasteiger partial charge is 0.305 e. The molecule has 3 heterocycles. The van der Waals surface area contributed by atoms with Crippen LogP contribution in [0.5, 0.6) is 5.75 Å². The summed E-state index contributed by atoms with van der Waals surface area (Å²) in [6.45, 7) is 4.92. The molecule has 1 aliphatic heterocycles. The average Bonchev–Trinajstić information content (AvgIpc) is 3.52. The topological polar surface area (TPSA) is 79.5 Å². The number of carbonyl (C=O) groups excluding carboxylic acids is 1. The van der Waals surface area contributed by atoms with E-state index in [0.29, 0.717) is 25.6 Å². The number of hydrogen-bond acceptors (Lipinski definition) is 4. The minimum absolute atomic E-state index is 0.0848. The van der Waals surface area contributed by atoms with Crippen LogP contribution in [-0.2, 0) is 9.53 Å². The number of fused-ring (bicyclic) bond motifs is 1. The lowest BCUT2D eigenvalue weighted by molar-refractivity contribution is -0.143. The van der Waals surface area contributed by atoms with Crippen molar-refractivity contribution in [3.05, 3.63) is 47.4 Å². The number of allylic oxidation sites excluding steroid dienone is 2. The van der Waals surface area contributed by atoms with Crippen LogP contribution in [0.25, 0.3) is 17.5 Å². The number of aliphatic imine (C=N–C) groups is 1. The van der Waals surface area contributed by atoms with Gasteiger partial charge in [0.25, 0.3) is 0 Å². The highest BCUT2D eigenvalue weighted by atomic mass is 16.5. The van der Waals surface area contributed by atoms with Crippen LogP contribution >= 0.6 is 0 Å². The maximum absolute atomic E-state index is 11.6. The van der Waals surface area contributed by atoms with Gasteiger partial charge in [0.1, 0.15) is 5.75 Å². The number of carbonyl (C=O) groups is 1. The number of hydrogen-bond donors (Lipinski definition) is 2. The van der Waals surface area contributed by atoms with Gasteiger partial charge in [-0.15, -0.1) is 0 Å². The van der Waals surface area contributed by atoms with E-state index in [9.17, 15) is 4.79 Å². The lowest BCUT2D eigenvalue weighted by Crippen LogP contribution is -2.17. The molecule has 1 fully saturated rings. The van der Waals surface area contributed by atoms with E-state index < -0.39 is 0 Å². The van der Waals surface area contributed by atoms with Gasteiger partial charge in [-0.3, -0.25) is 9.79 Å². The standard InChI is InChI=1S/C26H33N3O3/c1-3-31-25-17-23(22-12-8-14-27-22)29-24(25)16-19-15-20-18(10-7-11-21(20)28-19)9-5-6-13-26(30)32-4-2/h8,12,14-18,27,29H,3-7,9-11,13H2,1-2H3/b19-16-. The van der Waals surface area contributed by atoms with Crippen molar-refractivity contribution in [1.29, 1.82) is 0 Å². The first-order valence-electron chi connectivity index (χ1n) is 11.8. The van der Waals surface area contributed by atoms with Crippen LogP contribution in [0, 0.1) is 5.92 Å². The maximum atomic E-state index is 11.6. The fraction of sp³-hybridized carbons (Fsp3) is 0.462. The Hall–Kier alpha value is -3.02. The van der Waals surface area contributed by atoms with Crippen molar-refractivity contribution in [2.24, 2.45) is 10.9 Å². The number of unbranched alkanes of at least 4 members (excludes halogenated alkanes) is 1. The monoisotopic (exact) mass is 435 g/mol. The van der Waals surface area contributed by atoms with Crippen LogP contribution in [0.15, 0.2) is 46.7 Å². The second kappa shape index (κ2) is 10.5. The maximum Gasteiger partial charge on any atom is 0.305 e. The molecule has 170 valence electrons. The minimum Gasteiger partial charge on any atom is -0.492 e. The molecule has 2 aliphatic rings. The lowest BCUT2D eigenvalue weighted by atomic mass is 9.80. The quantitative estimate of drug-likeness (QED) is 0.352. The van der Waals surface area contributed by atoms with Crippen LogP contribution in [0.2, 0.25) is 0 Å². The third-order valence-corrected chi connectivity index (χ3v) is 6.09. The van der Waals surface area contributed by atoms with Crippen molar-refractivity contribution < 1.29 is 14.3 Å². The molecule has 0 amide bonds. The Morgan fingerprint density at radius 2 is 2.16 bits per heavy atom. The van der Waals surface area contributed by atoms with E-state index in [0.717, 1.165) is 54.2 Å². The van der Waals surface area contributed by atoms with Crippen LogP contribution in [0.1, 0.15) is 64.5 Å². The third kappa shape index (κ3) is 5.23. The van der Waals surface area contributed by atoms with Gasteiger partial charge in [0.15, 0.2) is 0 Å². The number of nitrogens with zero attached hydrogens (tertiary/aromatic N) is 1. The van der Waals surface area contributed by atoms with Gasteiger partial charge in [-0.2, -0.15) is 0 Å². The number of aromatic nitrogens is 2. The Kier molecular flexibility index (Phi) is 7.30. The van der Waals surface area contributed by atoms with Crippen molar-refractivity contribution in [3.63, 3.8) is 0 Å². The lowest BCUT2D eigenvalue weighted by Gasteiger charge is -2.24. The zero-order valence-corrected chi connectivity index (χ0v) is 19.1. The summed E-state index contributed by atoms with van der Waals surface area (Å²) < 4.78 is 10.9. The van der Waals surface area contributed by atoms with Gasteiger partial charge in [0.2, 0.25) is 0 Å². The van der Waals surface area contributed by atoms with Gasteiger partial charge < -0.3 is 19.4 Å². The molecule has 32 heavy (non-hydrogen) atoms. The van der Waals surface area contributed by atoms with Crippen molar-refractivity contribution in [2.75, 3.05) is 13.2 Å². The summed E-state index contributed by atoms with van der Waals surface area (Å²) in [5.41, 5.74) is 6.56. The Bertz CT molecular complexity index is 1010. The number of nitrogens with one attached hydrogen (secondary N) is 2. The fourth-order valence-corrected chi connectivity index (χ4v) is 4.61. The first kappa shape index (κ1) is 22.2. The van der Waals surface area contributed by atoms with Crippen LogP contribution in [0.3, 0.4) is 0 Å². The second-order valence-electron chi connectivity index (χ2n) is 8.35. The van der Waals surface area contributed by atoms with Crippen molar-refractivity contribution in [1.82, 2.24) is 9.97 Å². The highest BCUT2D eigenvalue weighted by Gasteiger charge is 2.27. The molecule has 2 N–H and O–H groups in total. The van der Waals surface area contributed by atoms with E-state index in [4.69, 9.17) is 14.5 Å². The van der Waals surface area contributed by atoms with E-state index >= 15 is 0 Å². The summed E-state index contributed by atoms with van der Waals surface area (Å²) in [5, 5.41) is 0. The van der Waals surface area contributed by atoms with Crippen molar-refractivity contribution >= 4 is 17.8 Å². The highest BCUT2D eigenvalue weighted by molar-refractivity contribution is 6.05. The molecular weight excluding hydrogens is 402 g/mol. The molecular formula is C26H33N3O3. The molecule has 2 aromatic heterocycles. The molecule has 0 spiro atoms. The predicted molar refractivity (Wildman–Crippen MR) is 128 cm³/mol. The van der Waals surface area contributed by atoms with Gasteiger partial charge in [-0.1, -0.05) is 6.42 Å². The number of esters is 1. The molecule has 2 aromatic rings. The van der Waals surface area contributed by atoms with Gasteiger partial charge in [0, 0.05) is 24.4 Å².